The van der Waals surface area contributed by atoms with Crippen LogP contribution in [0.4, 0.5) is 0 Å². The van der Waals surface area contributed by atoms with E-state index >= 15 is 0 Å². The summed E-state index contributed by atoms with van der Waals surface area (Å²) in [5.41, 5.74) is -2.42. The first kappa shape index (κ1) is 16.3. The molecule has 2 heterocycles. The Morgan fingerprint density at radius 3 is 3.00 bits per heavy atom. The fraction of sp³-hybridized carbons (Fsp3) is 0.688. The number of thioether (sulfide) groups is 1. The number of allylic oxidation sites excluding steroid dienone is 1. The Morgan fingerprint density at radius 2 is 2.39 bits per heavy atom. The maximum atomic E-state index is 12.4. The number of carbonyl (C=O) groups is 2. The number of ether oxygens (including phenoxy) is 1. The fourth-order valence-electron chi connectivity index (χ4n) is 4.10. The molecule has 124 valence electrons. The molecule has 0 unspecified atom stereocenters. The molecule has 2 saturated heterocycles. The second-order valence-electron chi connectivity index (χ2n) is 6.54. The number of hydrogen-bond donors (Lipinski definition) is 2. The standard InChI is InChI=1S/C16H20N2O4S/c1-15-11(7-8-23-9-17)13(20)18-16(15,14(21)22-15)12(19)10-5-3-2-4-6-10/h3,5,10-12,19H,2,4,6-8H2,1H3,(H,18,20)/t10-,11+,12+,15+,16+/m1/s1. The molecule has 3 aliphatic rings. The largest absolute Gasteiger partial charge is 0.453 e. The smallest absolute Gasteiger partial charge is 0.339 e. The van der Waals surface area contributed by atoms with Gasteiger partial charge in [-0.15, -0.1) is 0 Å². The highest BCUT2D eigenvalue weighted by molar-refractivity contribution is 8.03. The third kappa shape index (κ3) is 2.19. The number of aliphatic hydroxyl groups is 1. The first-order valence-corrected chi connectivity index (χ1v) is 8.87. The second kappa shape index (κ2) is 5.84. The van der Waals surface area contributed by atoms with Gasteiger partial charge >= 0.3 is 5.97 Å². The van der Waals surface area contributed by atoms with Gasteiger partial charge in [0.05, 0.1) is 12.0 Å². The van der Waals surface area contributed by atoms with Crippen LogP contribution >= 0.6 is 11.8 Å². The number of rotatable bonds is 5. The van der Waals surface area contributed by atoms with Crippen molar-refractivity contribution in [2.24, 2.45) is 11.8 Å². The van der Waals surface area contributed by atoms with Crippen molar-refractivity contribution in [1.82, 2.24) is 5.32 Å². The Labute approximate surface area is 139 Å². The molecule has 3 rings (SSSR count). The van der Waals surface area contributed by atoms with Gasteiger partial charge in [-0.05, 0) is 44.4 Å². The molecule has 7 heteroatoms. The van der Waals surface area contributed by atoms with Crippen LogP contribution in [-0.2, 0) is 14.3 Å². The predicted octanol–water partition coefficient (Wildman–Crippen LogP) is 1.11. The monoisotopic (exact) mass is 336 g/mol. The number of hydrogen-bond acceptors (Lipinski definition) is 6. The first-order valence-electron chi connectivity index (χ1n) is 7.88. The molecule has 0 saturated carbocycles. The van der Waals surface area contributed by atoms with Crippen molar-refractivity contribution < 1.29 is 19.4 Å². The minimum absolute atomic E-state index is 0.163. The molecule has 2 N–H and O–H groups in total. The summed E-state index contributed by atoms with van der Waals surface area (Å²) in [7, 11) is 0. The van der Waals surface area contributed by atoms with Gasteiger partial charge in [0.1, 0.15) is 5.40 Å². The van der Waals surface area contributed by atoms with Gasteiger partial charge in [0.25, 0.3) is 0 Å². The molecule has 1 amide bonds. The molecular weight excluding hydrogens is 316 g/mol. The lowest BCUT2D eigenvalue weighted by atomic mass is 9.64. The lowest BCUT2D eigenvalue weighted by molar-refractivity contribution is -0.238. The highest BCUT2D eigenvalue weighted by Crippen LogP contribution is 2.53. The van der Waals surface area contributed by atoms with Crippen LogP contribution in [0.2, 0.25) is 0 Å². The molecule has 2 aliphatic heterocycles. The highest BCUT2D eigenvalue weighted by atomic mass is 32.2. The summed E-state index contributed by atoms with van der Waals surface area (Å²) < 4.78 is 5.38. The third-order valence-electron chi connectivity index (χ3n) is 5.43. The summed E-state index contributed by atoms with van der Waals surface area (Å²) in [4.78, 5) is 24.7. The van der Waals surface area contributed by atoms with E-state index in [4.69, 9.17) is 10.00 Å². The molecule has 0 bridgehead atoms. The minimum atomic E-state index is -1.36. The maximum absolute atomic E-state index is 12.4. The summed E-state index contributed by atoms with van der Waals surface area (Å²) in [5.74, 6) is -1.06. The number of thiocyanates is 1. The van der Waals surface area contributed by atoms with E-state index in [2.05, 4.69) is 5.32 Å². The van der Waals surface area contributed by atoms with Gasteiger partial charge in [-0.2, -0.15) is 5.26 Å². The minimum Gasteiger partial charge on any atom is -0.453 e. The lowest BCUT2D eigenvalue weighted by Gasteiger charge is -2.54. The molecule has 0 spiro atoms. The van der Waals surface area contributed by atoms with E-state index in [0.717, 1.165) is 31.0 Å². The van der Waals surface area contributed by atoms with Gasteiger partial charge in [-0.3, -0.25) is 4.79 Å². The zero-order valence-corrected chi connectivity index (χ0v) is 13.8. The predicted molar refractivity (Wildman–Crippen MR) is 84.0 cm³/mol. The highest BCUT2D eigenvalue weighted by Gasteiger charge is 2.79. The van der Waals surface area contributed by atoms with Crippen molar-refractivity contribution in [3.8, 4) is 5.40 Å². The molecule has 23 heavy (non-hydrogen) atoms. The number of nitriles is 1. The van der Waals surface area contributed by atoms with Crippen molar-refractivity contribution in [3.63, 3.8) is 0 Å². The van der Waals surface area contributed by atoms with E-state index in [0.29, 0.717) is 12.2 Å². The van der Waals surface area contributed by atoms with E-state index in [9.17, 15) is 14.7 Å². The number of fused-ring (bicyclic) bond motifs is 1. The summed E-state index contributed by atoms with van der Waals surface area (Å²) in [6.45, 7) is 1.71. The van der Waals surface area contributed by atoms with E-state index in [1.165, 1.54) is 0 Å². The number of carbonyl (C=O) groups excluding carboxylic acids is 2. The number of nitrogens with one attached hydrogen (secondary N) is 1. The Kier molecular flexibility index (Phi) is 4.15. The van der Waals surface area contributed by atoms with Crippen LogP contribution in [0.25, 0.3) is 0 Å². The normalized spacial score (nSPS) is 39.7. The quantitative estimate of drug-likeness (QED) is 0.338. The SMILES string of the molecule is C[C@@]12OC(=O)[C@]1([C@@H](O)[C@@H]1C=CCCC1)NC(=O)[C@@H]2CCSC#N. The maximum Gasteiger partial charge on any atom is 0.339 e. The second-order valence-corrected chi connectivity index (χ2v) is 7.42. The van der Waals surface area contributed by atoms with Crippen LogP contribution in [0.1, 0.15) is 32.6 Å². The lowest BCUT2D eigenvalue weighted by Crippen LogP contribution is -2.80. The molecule has 0 aromatic carbocycles. The molecule has 0 radical (unpaired) electrons. The van der Waals surface area contributed by atoms with Crippen molar-refractivity contribution >= 4 is 23.6 Å². The van der Waals surface area contributed by atoms with Crippen molar-refractivity contribution in [3.05, 3.63) is 12.2 Å². The van der Waals surface area contributed by atoms with E-state index in [-0.39, 0.29) is 11.8 Å². The van der Waals surface area contributed by atoms with Crippen LogP contribution in [0.5, 0.6) is 0 Å². The van der Waals surface area contributed by atoms with Gasteiger partial charge in [0, 0.05) is 11.7 Å². The molecular formula is C16H20N2O4S. The van der Waals surface area contributed by atoms with Gasteiger partial charge in [-0.25, -0.2) is 4.79 Å². The first-order chi connectivity index (χ1) is 11.0. The number of esters is 1. The van der Waals surface area contributed by atoms with E-state index < -0.39 is 29.1 Å². The van der Waals surface area contributed by atoms with Crippen LogP contribution in [-0.4, -0.2) is 40.0 Å². The van der Waals surface area contributed by atoms with Gasteiger partial charge in [-0.1, -0.05) is 12.2 Å². The number of nitrogens with zero attached hydrogens (tertiary/aromatic N) is 1. The zero-order chi connectivity index (χ0) is 16.7. The van der Waals surface area contributed by atoms with Crippen LogP contribution in [0.15, 0.2) is 12.2 Å². The summed E-state index contributed by atoms with van der Waals surface area (Å²) >= 11 is 1.07. The Bertz CT molecular complexity index is 601. The summed E-state index contributed by atoms with van der Waals surface area (Å²) in [6, 6.07) is 0. The molecule has 2 fully saturated rings. The van der Waals surface area contributed by atoms with Crippen molar-refractivity contribution in [1.29, 1.82) is 5.26 Å². The molecule has 0 aromatic rings. The number of amides is 1. The van der Waals surface area contributed by atoms with E-state index in [1.807, 2.05) is 17.6 Å². The average molecular weight is 336 g/mol. The van der Waals surface area contributed by atoms with Crippen LogP contribution in [0, 0.1) is 22.5 Å². The van der Waals surface area contributed by atoms with Crippen molar-refractivity contribution in [2.75, 3.05) is 5.75 Å². The Hall–Kier alpha value is -1.52. The van der Waals surface area contributed by atoms with Crippen LogP contribution < -0.4 is 5.32 Å². The topological polar surface area (TPSA) is 99.4 Å². The number of aliphatic hydroxyl groups excluding tert-OH is 1. The molecule has 1 aliphatic carbocycles. The van der Waals surface area contributed by atoms with E-state index in [1.54, 1.807) is 6.92 Å². The fourth-order valence-corrected chi connectivity index (χ4v) is 4.55. The Morgan fingerprint density at radius 1 is 1.61 bits per heavy atom. The van der Waals surface area contributed by atoms with Crippen LogP contribution in [0.3, 0.4) is 0 Å². The summed E-state index contributed by atoms with van der Waals surface area (Å²) in [6.07, 6.45) is 6.08. The average Bonchev–Trinajstić information content (AvgIpc) is 2.72. The zero-order valence-electron chi connectivity index (χ0n) is 12.9. The summed E-state index contributed by atoms with van der Waals surface area (Å²) in [5, 5.41) is 24.2. The van der Waals surface area contributed by atoms with Gasteiger partial charge in [0.2, 0.25) is 11.4 Å². The molecule has 5 atom stereocenters. The van der Waals surface area contributed by atoms with Gasteiger partial charge < -0.3 is 15.2 Å². The third-order valence-corrected chi connectivity index (χ3v) is 5.99. The Balaban J connectivity index is 1.86. The molecule has 6 nitrogen and oxygen atoms in total. The van der Waals surface area contributed by atoms with Crippen molar-refractivity contribution in [2.45, 2.75) is 49.9 Å². The van der Waals surface area contributed by atoms with Gasteiger partial charge in [0.15, 0.2) is 5.60 Å². The molecule has 0 aromatic heterocycles.